The summed E-state index contributed by atoms with van der Waals surface area (Å²) in [5.74, 6) is 2.27. The fourth-order valence-corrected chi connectivity index (χ4v) is 2.39. The van der Waals surface area contributed by atoms with Crippen molar-refractivity contribution in [2.24, 2.45) is 5.73 Å². The van der Waals surface area contributed by atoms with Crippen molar-refractivity contribution in [3.63, 3.8) is 0 Å². The monoisotopic (exact) mass is 235 g/mol. The minimum atomic E-state index is 0.467. The van der Waals surface area contributed by atoms with Crippen LogP contribution in [0.4, 0.5) is 0 Å². The predicted octanol–water partition coefficient (Wildman–Crippen LogP) is 2.53. The molecule has 0 aliphatic carbocycles. The molecular weight excluding hydrogens is 214 g/mol. The number of hydrogen-bond acceptors (Lipinski definition) is 3. The number of fused-ring (bicyclic) bond motifs is 1. The van der Waals surface area contributed by atoms with Gasteiger partial charge in [0.1, 0.15) is 13.2 Å². The Morgan fingerprint density at radius 2 is 1.94 bits per heavy atom. The molecule has 1 aromatic rings. The third-order valence-electron chi connectivity index (χ3n) is 3.56. The third-order valence-corrected chi connectivity index (χ3v) is 3.56. The van der Waals surface area contributed by atoms with Crippen molar-refractivity contribution < 1.29 is 9.47 Å². The summed E-state index contributed by atoms with van der Waals surface area (Å²) in [5, 5.41) is 0. The summed E-state index contributed by atoms with van der Waals surface area (Å²) in [4.78, 5) is 0. The van der Waals surface area contributed by atoms with Crippen molar-refractivity contribution in [2.45, 2.75) is 33.1 Å². The van der Waals surface area contributed by atoms with Crippen molar-refractivity contribution in [3.05, 3.63) is 22.8 Å². The third kappa shape index (κ3) is 2.25. The predicted molar refractivity (Wildman–Crippen MR) is 69.0 cm³/mol. The molecule has 3 heteroatoms. The van der Waals surface area contributed by atoms with E-state index in [9.17, 15) is 0 Å². The highest BCUT2D eigenvalue weighted by atomic mass is 16.6. The van der Waals surface area contributed by atoms with Gasteiger partial charge in [0.05, 0.1) is 0 Å². The molecule has 0 radical (unpaired) electrons. The Morgan fingerprint density at radius 1 is 1.24 bits per heavy atom. The van der Waals surface area contributed by atoms with E-state index in [-0.39, 0.29) is 0 Å². The molecule has 3 nitrogen and oxygen atoms in total. The zero-order valence-corrected chi connectivity index (χ0v) is 10.9. The average molecular weight is 235 g/mol. The molecule has 1 aliphatic heterocycles. The second-order valence-corrected chi connectivity index (χ2v) is 4.72. The summed E-state index contributed by atoms with van der Waals surface area (Å²) in [6.45, 7) is 8.46. The van der Waals surface area contributed by atoms with Gasteiger partial charge in [0.15, 0.2) is 11.5 Å². The molecule has 0 spiro atoms. The highest BCUT2D eigenvalue weighted by molar-refractivity contribution is 5.54. The lowest BCUT2D eigenvalue weighted by Gasteiger charge is -2.25. The quantitative estimate of drug-likeness (QED) is 0.875. The summed E-state index contributed by atoms with van der Waals surface area (Å²) in [6, 6.07) is 2.12. The average Bonchev–Trinajstić information content (AvgIpc) is 2.34. The number of rotatable bonds is 3. The lowest BCUT2D eigenvalue weighted by molar-refractivity contribution is 0.170. The molecule has 17 heavy (non-hydrogen) atoms. The molecule has 2 N–H and O–H groups in total. The molecule has 2 rings (SSSR count). The number of nitrogens with two attached hydrogens (primary N) is 1. The van der Waals surface area contributed by atoms with Crippen LogP contribution in [0.3, 0.4) is 0 Å². The van der Waals surface area contributed by atoms with Gasteiger partial charge in [0.2, 0.25) is 0 Å². The van der Waals surface area contributed by atoms with Gasteiger partial charge in [-0.3, -0.25) is 0 Å². The first-order valence-corrected chi connectivity index (χ1v) is 6.25. The van der Waals surface area contributed by atoms with Gasteiger partial charge in [-0.1, -0.05) is 6.92 Å². The van der Waals surface area contributed by atoms with Crippen molar-refractivity contribution in [3.8, 4) is 11.5 Å². The van der Waals surface area contributed by atoms with Gasteiger partial charge in [-0.25, -0.2) is 0 Å². The Bertz CT molecular complexity index is 415. The Hall–Kier alpha value is -1.22. The molecule has 1 aliphatic rings. The number of hydrogen-bond donors (Lipinski definition) is 1. The Balaban J connectivity index is 2.43. The fourth-order valence-electron chi connectivity index (χ4n) is 2.39. The summed E-state index contributed by atoms with van der Waals surface area (Å²) < 4.78 is 11.4. The second-order valence-electron chi connectivity index (χ2n) is 4.72. The summed E-state index contributed by atoms with van der Waals surface area (Å²) in [6.07, 6.45) is 1.000. The zero-order chi connectivity index (χ0) is 12.4. The largest absolute Gasteiger partial charge is 0.486 e. The van der Waals surface area contributed by atoms with Crippen LogP contribution in [-0.2, 0) is 0 Å². The van der Waals surface area contributed by atoms with Crippen LogP contribution in [0.15, 0.2) is 6.07 Å². The Morgan fingerprint density at radius 3 is 2.65 bits per heavy atom. The van der Waals surface area contributed by atoms with E-state index in [4.69, 9.17) is 15.2 Å². The molecular formula is C14H21NO2. The normalized spacial score (nSPS) is 15.8. The van der Waals surface area contributed by atoms with Crippen LogP contribution in [0.2, 0.25) is 0 Å². The lowest BCUT2D eigenvalue weighted by atomic mass is 9.90. The Labute approximate surface area is 103 Å². The van der Waals surface area contributed by atoms with Crippen LogP contribution < -0.4 is 15.2 Å². The fraction of sp³-hybridized carbons (Fsp3) is 0.571. The van der Waals surface area contributed by atoms with Gasteiger partial charge in [0.25, 0.3) is 0 Å². The molecule has 0 saturated heterocycles. The van der Waals surface area contributed by atoms with Crippen LogP contribution >= 0.6 is 0 Å². The first-order chi connectivity index (χ1) is 8.15. The van der Waals surface area contributed by atoms with Crippen LogP contribution in [0.5, 0.6) is 11.5 Å². The highest BCUT2D eigenvalue weighted by Gasteiger charge is 2.20. The number of benzene rings is 1. The van der Waals surface area contributed by atoms with E-state index in [1.807, 2.05) is 0 Å². The van der Waals surface area contributed by atoms with Gasteiger partial charge < -0.3 is 15.2 Å². The molecule has 0 bridgehead atoms. The van der Waals surface area contributed by atoms with E-state index < -0.39 is 0 Å². The first-order valence-electron chi connectivity index (χ1n) is 6.25. The van der Waals surface area contributed by atoms with Gasteiger partial charge >= 0.3 is 0 Å². The molecule has 0 amide bonds. The van der Waals surface area contributed by atoms with E-state index in [0.29, 0.717) is 25.7 Å². The summed E-state index contributed by atoms with van der Waals surface area (Å²) in [5.41, 5.74) is 9.46. The van der Waals surface area contributed by atoms with Crippen LogP contribution in [0.1, 0.15) is 36.0 Å². The zero-order valence-electron chi connectivity index (χ0n) is 10.9. The smallest absolute Gasteiger partial charge is 0.164 e. The maximum Gasteiger partial charge on any atom is 0.164 e. The van der Waals surface area contributed by atoms with E-state index >= 15 is 0 Å². The molecule has 0 fully saturated rings. The summed E-state index contributed by atoms with van der Waals surface area (Å²) >= 11 is 0. The van der Waals surface area contributed by atoms with Crippen molar-refractivity contribution in [1.29, 1.82) is 0 Å². The van der Waals surface area contributed by atoms with Crippen LogP contribution in [0.25, 0.3) is 0 Å². The molecule has 1 atom stereocenters. The van der Waals surface area contributed by atoms with E-state index in [2.05, 4.69) is 26.8 Å². The van der Waals surface area contributed by atoms with E-state index in [0.717, 1.165) is 17.9 Å². The SMILES string of the molecule is Cc1c(C(C)CCN)cc2c(c1C)OCCO2. The lowest BCUT2D eigenvalue weighted by Crippen LogP contribution is -2.17. The minimum Gasteiger partial charge on any atom is -0.486 e. The maximum atomic E-state index is 5.68. The van der Waals surface area contributed by atoms with Gasteiger partial charge in [-0.2, -0.15) is 0 Å². The van der Waals surface area contributed by atoms with Crippen molar-refractivity contribution in [1.82, 2.24) is 0 Å². The van der Waals surface area contributed by atoms with Crippen molar-refractivity contribution in [2.75, 3.05) is 19.8 Å². The molecule has 1 aromatic carbocycles. The molecule has 94 valence electrons. The van der Waals surface area contributed by atoms with Crippen LogP contribution in [-0.4, -0.2) is 19.8 Å². The Kier molecular flexibility index (Phi) is 3.57. The topological polar surface area (TPSA) is 44.5 Å². The van der Waals surface area contributed by atoms with Crippen LogP contribution in [0, 0.1) is 13.8 Å². The van der Waals surface area contributed by atoms with E-state index in [1.165, 1.54) is 16.7 Å². The highest BCUT2D eigenvalue weighted by Crippen LogP contribution is 2.39. The second kappa shape index (κ2) is 4.96. The molecule has 0 aromatic heterocycles. The standard InChI is InChI=1S/C14H21NO2/c1-9(4-5-15)12-8-13-14(11(3)10(12)2)17-7-6-16-13/h8-9H,4-7,15H2,1-3H3. The molecule has 1 unspecified atom stereocenters. The number of ether oxygens (including phenoxy) is 2. The first kappa shape index (κ1) is 12.2. The summed E-state index contributed by atoms with van der Waals surface area (Å²) in [7, 11) is 0. The molecule has 1 heterocycles. The van der Waals surface area contributed by atoms with E-state index in [1.54, 1.807) is 0 Å². The minimum absolute atomic E-state index is 0.467. The molecule has 0 saturated carbocycles. The van der Waals surface area contributed by atoms with Gasteiger partial charge in [0, 0.05) is 0 Å². The van der Waals surface area contributed by atoms with Gasteiger partial charge in [-0.15, -0.1) is 0 Å². The van der Waals surface area contributed by atoms with Gasteiger partial charge in [-0.05, 0) is 55.5 Å². The maximum absolute atomic E-state index is 5.68. The van der Waals surface area contributed by atoms with Crippen molar-refractivity contribution >= 4 is 0 Å².